The van der Waals surface area contributed by atoms with Gasteiger partial charge in [-0.15, -0.1) is 0 Å². The van der Waals surface area contributed by atoms with Crippen molar-refractivity contribution in [3.8, 4) is 5.75 Å². The molecule has 54 heavy (non-hydrogen) atoms. The summed E-state index contributed by atoms with van der Waals surface area (Å²) < 4.78 is 22.3. The largest absolute Gasteiger partial charge is 0.480 e. The number of benzene rings is 1. The molecule has 1 amide bonds. The fraction of sp³-hybridized carbons (Fsp3) is 0.472. The number of para-hydroxylation sites is 1. The molecule has 0 aliphatic carbocycles. The molecule has 294 valence electrons. The first-order chi connectivity index (χ1) is 26.0. The van der Waals surface area contributed by atoms with Crippen LogP contribution in [-0.2, 0) is 43.4 Å². The Hall–Kier alpha value is -4.13. The lowest BCUT2D eigenvalue weighted by molar-refractivity contribution is -0.138. The second-order valence-electron chi connectivity index (χ2n) is 12.5. The minimum Gasteiger partial charge on any atom is -0.480 e. The van der Waals surface area contributed by atoms with E-state index in [1.807, 2.05) is 7.05 Å². The van der Waals surface area contributed by atoms with Crippen LogP contribution in [0.15, 0.2) is 53.3 Å². The summed E-state index contributed by atoms with van der Waals surface area (Å²) in [5.41, 5.74) is 1.54. The van der Waals surface area contributed by atoms with Crippen molar-refractivity contribution in [2.24, 2.45) is 0 Å². The number of pyridine rings is 2. The van der Waals surface area contributed by atoms with E-state index >= 15 is 0 Å². The quantitative estimate of drug-likeness (QED) is 0.0738. The van der Waals surface area contributed by atoms with E-state index in [1.165, 1.54) is 6.07 Å². The third-order valence-electron chi connectivity index (χ3n) is 8.16. The Bertz CT molecular complexity index is 1740. The Morgan fingerprint density at radius 1 is 0.833 bits per heavy atom. The number of aliphatic carboxylic acids is 1. The van der Waals surface area contributed by atoms with Crippen LogP contribution in [0.25, 0.3) is 0 Å². The standard InChI is InChI=1S/C36H46Cl2N6O10/c1-41-10-11-42(24-29-4-2-7-32(45)44(29)50)12-13-43(25-33(46)47)23-28-21-26(20-27(22-41)40-28)36(49)39-9-15-52-17-19-53-18-16-51-14-8-34(48)54-35-30(37)5-3-6-31(35)38/h2-7,20-21,50H,8-19,22-25H2,1H3,(H,39,49)(H,46,47). The second-order valence-corrected chi connectivity index (χ2v) is 13.3. The summed E-state index contributed by atoms with van der Waals surface area (Å²) in [6, 6.07) is 12.7. The van der Waals surface area contributed by atoms with Gasteiger partial charge >= 0.3 is 11.9 Å². The van der Waals surface area contributed by atoms with Gasteiger partial charge in [0.05, 0.1) is 79.7 Å². The van der Waals surface area contributed by atoms with Crippen molar-refractivity contribution in [3.63, 3.8) is 0 Å². The molecule has 0 fully saturated rings. The second kappa shape index (κ2) is 22.3. The lowest BCUT2D eigenvalue weighted by atomic mass is 10.1. The van der Waals surface area contributed by atoms with E-state index in [4.69, 9.17) is 47.1 Å². The number of hydrogen-bond acceptors (Lipinski definition) is 13. The molecule has 4 rings (SSSR count). The van der Waals surface area contributed by atoms with Gasteiger partial charge in [0.1, 0.15) is 0 Å². The Morgan fingerprint density at radius 3 is 2.15 bits per heavy atom. The minimum atomic E-state index is -0.996. The van der Waals surface area contributed by atoms with Crippen molar-refractivity contribution >= 4 is 41.0 Å². The SMILES string of the molecule is CN1CCN(Cc2cccc(=O)n2O)CCN(CC(=O)O)Cc2cc(C(=O)NCCOCCOCCOCCC(=O)Oc3c(Cl)cccc3Cl)cc(n2)C1. The summed E-state index contributed by atoms with van der Waals surface area (Å²) in [6.07, 6.45) is 0.0201. The van der Waals surface area contributed by atoms with Gasteiger partial charge in [-0.2, -0.15) is 4.73 Å². The van der Waals surface area contributed by atoms with E-state index in [2.05, 4.69) is 15.1 Å². The molecule has 0 unspecified atom stereocenters. The molecule has 1 aliphatic rings. The number of carboxylic acids is 1. The number of rotatable bonds is 18. The number of esters is 1. The van der Waals surface area contributed by atoms with Crippen molar-refractivity contribution in [2.75, 3.05) is 86.0 Å². The van der Waals surface area contributed by atoms with Gasteiger partial charge in [-0.1, -0.05) is 35.3 Å². The van der Waals surface area contributed by atoms with Crippen molar-refractivity contribution in [3.05, 3.63) is 91.6 Å². The number of nitrogens with zero attached hydrogens (tertiary/aromatic N) is 5. The van der Waals surface area contributed by atoms with Gasteiger partial charge in [-0.25, -0.2) is 0 Å². The highest BCUT2D eigenvalue weighted by atomic mass is 35.5. The molecule has 3 heterocycles. The van der Waals surface area contributed by atoms with Gasteiger partial charge in [0.25, 0.3) is 11.5 Å². The number of fused-ring (bicyclic) bond motifs is 2. The van der Waals surface area contributed by atoms with E-state index in [-0.39, 0.29) is 67.6 Å². The monoisotopic (exact) mass is 792 g/mol. The summed E-state index contributed by atoms with van der Waals surface area (Å²) in [4.78, 5) is 59.4. The molecular weight excluding hydrogens is 747 g/mol. The Morgan fingerprint density at radius 2 is 1.44 bits per heavy atom. The van der Waals surface area contributed by atoms with Crippen LogP contribution >= 0.6 is 23.2 Å². The lowest BCUT2D eigenvalue weighted by Gasteiger charge is -2.29. The minimum absolute atomic E-state index is 0.0201. The highest BCUT2D eigenvalue weighted by Gasteiger charge is 2.20. The van der Waals surface area contributed by atoms with E-state index in [0.717, 1.165) is 0 Å². The number of likely N-dealkylation sites (N-methyl/N-ethyl adjacent to an activating group) is 1. The van der Waals surface area contributed by atoms with Crippen molar-refractivity contribution in [1.82, 2.24) is 29.7 Å². The van der Waals surface area contributed by atoms with Crippen molar-refractivity contribution in [1.29, 1.82) is 0 Å². The lowest BCUT2D eigenvalue weighted by Crippen LogP contribution is -2.41. The summed E-state index contributed by atoms with van der Waals surface area (Å²) in [7, 11) is 1.94. The van der Waals surface area contributed by atoms with E-state index in [1.54, 1.807) is 47.4 Å². The Balaban J connectivity index is 1.17. The van der Waals surface area contributed by atoms with Crippen LogP contribution in [0.3, 0.4) is 0 Å². The zero-order valence-electron chi connectivity index (χ0n) is 30.1. The number of carbonyl (C=O) groups is 3. The van der Waals surface area contributed by atoms with Gasteiger partial charge in [0.2, 0.25) is 0 Å². The van der Waals surface area contributed by atoms with E-state index < -0.39 is 17.5 Å². The first-order valence-electron chi connectivity index (χ1n) is 17.4. The fourth-order valence-corrected chi connectivity index (χ4v) is 5.93. The number of ether oxygens (including phenoxy) is 4. The zero-order valence-corrected chi connectivity index (χ0v) is 31.6. The smallest absolute Gasteiger partial charge is 0.317 e. The van der Waals surface area contributed by atoms with Crippen LogP contribution in [0.2, 0.25) is 10.0 Å². The first kappa shape index (κ1) is 42.6. The van der Waals surface area contributed by atoms with Gasteiger partial charge in [0, 0.05) is 64.0 Å². The summed E-state index contributed by atoms with van der Waals surface area (Å²) in [5.74, 6) is -1.70. The third kappa shape index (κ3) is 14.6. The van der Waals surface area contributed by atoms with Crippen LogP contribution in [-0.4, -0.2) is 139 Å². The summed E-state index contributed by atoms with van der Waals surface area (Å²) in [6.45, 7) is 4.59. The number of amides is 1. The van der Waals surface area contributed by atoms with Gasteiger partial charge in [-0.3, -0.25) is 38.9 Å². The maximum absolute atomic E-state index is 13.2. The predicted molar refractivity (Wildman–Crippen MR) is 198 cm³/mol. The van der Waals surface area contributed by atoms with Gasteiger partial charge < -0.3 is 34.6 Å². The molecule has 3 aromatic rings. The number of halogens is 2. The van der Waals surface area contributed by atoms with E-state index in [0.29, 0.717) is 86.5 Å². The molecule has 2 bridgehead atoms. The molecule has 16 nitrogen and oxygen atoms in total. The molecule has 1 aromatic carbocycles. The molecule has 1 aliphatic heterocycles. The van der Waals surface area contributed by atoms with Crippen LogP contribution in [0.4, 0.5) is 0 Å². The maximum Gasteiger partial charge on any atom is 0.317 e. The Kier molecular flexibility index (Phi) is 17.6. The molecule has 18 heteroatoms. The summed E-state index contributed by atoms with van der Waals surface area (Å²) >= 11 is 12.0. The molecule has 3 N–H and O–H groups in total. The highest BCUT2D eigenvalue weighted by molar-refractivity contribution is 6.37. The average molecular weight is 794 g/mol. The zero-order chi connectivity index (χ0) is 38.9. The van der Waals surface area contributed by atoms with Gasteiger partial charge in [-0.05, 0) is 37.4 Å². The molecular formula is C36H46Cl2N6O10. The van der Waals surface area contributed by atoms with Gasteiger partial charge in [0.15, 0.2) is 5.75 Å². The normalized spacial score (nSPS) is 14.6. The molecule has 0 saturated heterocycles. The van der Waals surface area contributed by atoms with Crippen LogP contribution in [0, 0.1) is 0 Å². The molecule has 0 radical (unpaired) electrons. The predicted octanol–water partition coefficient (Wildman–Crippen LogP) is 2.40. The van der Waals surface area contributed by atoms with Crippen molar-refractivity contribution in [2.45, 2.75) is 26.1 Å². The van der Waals surface area contributed by atoms with E-state index in [9.17, 15) is 29.5 Å². The van der Waals surface area contributed by atoms with Crippen molar-refractivity contribution < 1.29 is 43.6 Å². The maximum atomic E-state index is 13.2. The topological polar surface area (TPSA) is 185 Å². The van der Waals surface area contributed by atoms with Crippen LogP contribution in [0.5, 0.6) is 5.75 Å². The third-order valence-corrected chi connectivity index (χ3v) is 8.75. The number of aromatic nitrogens is 2. The molecule has 0 spiro atoms. The molecule has 2 aromatic heterocycles. The first-order valence-corrected chi connectivity index (χ1v) is 18.1. The van der Waals surface area contributed by atoms with Crippen LogP contribution in [0.1, 0.15) is 33.9 Å². The molecule has 0 atom stereocenters. The number of carbonyl (C=O) groups excluding carboxylic acids is 2. The van der Waals surface area contributed by atoms with Crippen LogP contribution < -0.4 is 15.6 Å². The summed E-state index contributed by atoms with van der Waals surface area (Å²) in [5, 5.41) is 23.2. The number of nitrogens with one attached hydrogen (secondary N) is 1. The number of carboxylic acid groups (broad SMARTS) is 1. The highest BCUT2D eigenvalue weighted by Crippen LogP contribution is 2.32. The average Bonchev–Trinajstić information content (AvgIpc) is 3.12. The number of hydrogen-bond donors (Lipinski definition) is 3. The fourth-order valence-electron chi connectivity index (χ4n) is 5.45. The molecule has 0 saturated carbocycles. The Labute approximate surface area is 323 Å².